The maximum Gasteiger partial charge on any atom is 0.339 e. The van der Waals surface area contributed by atoms with E-state index >= 15 is 0 Å². The zero-order chi connectivity index (χ0) is 14.6. The molecule has 7 heteroatoms. The van der Waals surface area contributed by atoms with Crippen molar-refractivity contribution in [1.82, 2.24) is 0 Å². The smallest absolute Gasteiger partial charge is 0.339 e. The van der Waals surface area contributed by atoms with Crippen LogP contribution in [0.15, 0.2) is 59.5 Å². The van der Waals surface area contributed by atoms with Crippen LogP contribution < -0.4 is 15.2 Å². The third-order valence-corrected chi connectivity index (χ3v) is 3.62. The van der Waals surface area contributed by atoms with Gasteiger partial charge in [-0.05, 0) is 24.3 Å². The van der Waals surface area contributed by atoms with Crippen LogP contribution >= 0.6 is 0 Å². The average Bonchev–Trinajstić information content (AvgIpc) is 2.41. The average molecular weight is 292 g/mol. The van der Waals surface area contributed by atoms with Crippen molar-refractivity contribution in [1.29, 1.82) is 0 Å². The molecule has 0 radical (unpaired) electrons. The third-order valence-electron chi connectivity index (χ3n) is 2.38. The fourth-order valence-electron chi connectivity index (χ4n) is 1.53. The number of hydrogen-bond donors (Lipinski definition) is 2. The van der Waals surface area contributed by atoms with E-state index in [4.69, 9.17) is 9.92 Å². The van der Waals surface area contributed by atoms with Crippen molar-refractivity contribution in [2.45, 2.75) is 4.90 Å². The Balaban J connectivity index is 2.33. The van der Waals surface area contributed by atoms with E-state index < -0.39 is 16.1 Å². The number of rotatable bonds is 4. The number of amides is 2. The van der Waals surface area contributed by atoms with Gasteiger partial charge in [0.25, 0.3) is 0 Å². The number of carbonyl (C=O) groups is 1. The maximum atomic E-state index is 12.1. The highest BCUT2D eigenvalue weighted by Crippen LogP contribution is 2.27. The van der Waals surface area contributed by atoms with E-state index in [0.29, 0.717) is 0 Å². The van der Waals surface area contributed by atoms with Crippen LogP contribution in [0.3, 0.4) is 0 Å². The summed E-state index contributed by atoms with van der Waals surface area (Å²) >= 11 is 0. The van der Waals surface area contributed by atoms with Crippen molar-refractivity contribution in [3.05, 3.63) is 54.6 Å². The zero-order valence-electron chi connectivity index (χ0n) is 10.3. The second kappa shape index (κ2) is 5.62. The summed E-state index contributed by atoms with van der Waals surface area (Å²) in [6.07, 6.45) is 0. The molecule has 2 aromatic rings. The molecule has 0 aromatic heterocycles. The molecule has 3 N–H and O–H groups in total. The summed E-state index contributed by atoms with van der Waals surface area (Å²) in [5.41, 5.74) is 5.19. The molecule has 20 heavy (non-hydrogen) atoms. The molecule has 0 bridgehead atoms. The maximum absolute atomic E-state index is 12.1. The van der Waals surface area contributed by atoms with E-state index in [9.17, 15) is 13.2 Å². The Morgan fingerprint density at radius 2 is 1.60 bits per heavy atom. The summed E-state index contributed by atoms with van der Waals surface area (Å²) in [6, 6.07) is 13.0. The normalized spacial score (nSPS) is 10.8. The molecule has 0 saturated heterocycles. The predicted octanol–water partition coefficient (Wildman–Crippen LogP) is 1.94. The van der Waals surface area contributed by atoms with Gasteiger partial charge in [-0.2, -0.15) is 8.42 Å². The summed E-state index contributed by atoms with van der Waals surface area (Å²) in [4.78, 5) is 10.9. The second-order valence-corrected chi connectivity index (χ2v) is 5.38. The molecule has 0 atom stereocenters. The minimum absolute atomic E-state index is 0.00449. The van der Waals surface area contributed by atoms with Crippen LogP contribution in [0.25, 0.3) is 0 Å². The van der Waals surface area contributed by atoms with E-state index in [1.54, 1.807) is 30.3 Å². The number of carbonyl (C=O) groups excluding carboxylic acids is 1. The molecule has 2 aromatic carbocycles. The van der Waals surface area contributed by atoms with Crippen LogP contribution in [0.5, 0.6) is 5.75 Å². The summed E-state index contributed by atoms with van der Waals surface area (Å²) < 4.78 is 29.2. The van der Waals surface area contributed by atoms with Crippen molar-refractivity contribution in [3.63, 3.8) is 0 Å². The van der Waals surface area contributed by atoms with Crippen LogP contribution in [-0.4, -0.2) is 14.4 Å². The molecule has 2 amide bonds. The number of nitrogens with one attached hydrogen (secondary N) is 1. The van der Waals surface area contributed by atoms with Crippen LogP contribution in [0.2, 0.25) is 0 Å². The number of primary amides is 1. The number of nitrogens with two attached hydrogens (primary N) is 1. The van der Waals surface area contributed by atoms with Gasteiger partial charge in [-0.3, -0.25) is 0 Å². The quantitative estimate of drug-likeness (QED) is 0.841. The van der Waals surface area contributed by atoms with Gasteiger partial charge in [0.2, 0.25) is 0 Å². The highest BCUT2D eigenvalue weighted by atomic mass is 32.2. The van der Waals surface area contributed by atoms with Gasteiger partial charge in [-0.15, -0.1) is 0 Å². The van der Waals surface area contributed by atoms with Gasteiger partial charge in [-0.1, -0.05) is 30.3 Å². The Bertz CT molecular complexity index is 714. The summed E-state index contributed by atoms with van der Waals surface area (Å²) in [5.74, 6) is -0.00449. The predicted molar refractivity (Wildman–Crippen MR) is 73.9 cm³/mol. The van der Waals surface area contributed by atoms with Crippen molar-refractivity contribution in [2.24, 2.45) is 5.73 Å². The van der Waals surface area contributed by atoms with Crippen molar-refractivity contribution >= 4 is 21.8 Å². The van der Waals surface area contributed by atoms with Crippen LogP contribution in [0.1, 0.15) is 0 Å². The molecule has 0 aliphatic rings. The second-order valence-electron chi connectivity index (χ2n) is 3.84. The van der Waals surface area contributed by atoms with E-state index in [1.807, 2.05) is 0 Å². The Hall–Kier alpha value is -2.54. The number of benzene rings is 2. The largest absolute Gasteiger partial charge is 0.377 e. The lowest BCUT2D eigenvalue weighted by molar-refractivity contribution is 0.259. The molecular weight excluding hydrogens is 280 g/mol. The Morgan fingerprint density at radius 3 is 2.25 bits per heavy atom. The number of para-hydroxylation sites is 2. The van der Waals surface area contributed by atoms with Gasteiger partial charge < -0.3 is 15.2 Å². The molecular formula is C13H12N2O4S. The van der Waals surface area contributed by atoms with Gasteiger partial charge in [0.15, 0.2) is 5.75 Å². The van der Waals surface area contributed by atoms with Gasteiger partial charge >= 0.3 is 16.1 Å². The lowest BCUT2D eigenvalue weighted by atomic mass is 10.3. The van der Waals surface area contributed by atoms with Crippen molar-refractivity contribution < 1.29 is 17.4 Å². The Kier molecular flexibility index (Phi) is 3.90. The van der Waals surface area contributed by atoms with Crippen LogP contribution in [0, 0.1) is 0 Å². The number of urea groups is 1. The first-order chi connectivity index (χ1) is 9.49. The molecule has 0 aliphatic carbocycles. The van der Waals surface area contributed by atoms with Crippen LogP contribution in [-0.2, 0) is 10.1 Å². The molecule has 0 saturated carbocycles. The van der Waals surface area contributed by atoms with Gasteiger partial charge in [0.05, 0.1) is 5.69 Å². The summed E-state index contributed by atoms with van der Waals surface area (Å²) in [5, 5.41) is 2.30. The minimum atomic E-state index is -3.96. The van der Waals surface area contributed by atoms with Crippen molar-refractivity contribution in [3.8, 4) is 5.75 Å². The molecule has 0 heterocycles. The molecule has 0 fully saturated rings. The molecule has 6 nitrogen and oxygen atoms in total. The first-order valence-electron chi connectivity index (χ1n) is 5.64. The lowest BCUT2D eigenvalue weighted by Gasteiger charge is -2.11. The van der Waals surface area contributed by atoms with E-state index in [1.165, 1.54) is 24.3 Å². The van der Waals surface area contributed by atoms with Crippen LogP contribution in [0.4, 0.5) is 10.5 Å². The molecule has 2 rings (SSSR count). The van der Waals surface area contributed by atoms with Gasteiger partial charge in [0, 0.05) is 0 Å². The summed E-state index contributed by atoms with van der Waals surface area (Å²) in [7, 11) is -3.96. The molecule has 0 unspecified atom stereocenters. The third kappa shape index (κ3) is 3.27. The van der Waals surface area contributed by atoms with Gasteiger partial charge in [-0.25, -0.2) is 4.79 Å². The monoisotopic (exact) mass is 292 g/mol. The first-order valence-corrected chi connectivity index (χ1v) is 7.05. The van der Waals surface area contributed by atoms with E-state index in [0.717, 1.165) is 0 Å². The SMILES string of the molecule is NC(=O)Nc1ccccc1OS(=O)(=O)c1ccccc1. The fourth-order valence-corrected chi connectivity index (χ4v) is 2.50. The standard InChI is InChI=1S/C13H12N2O4S/c14-13(16)15-11-8-4-5-9-12(11)19-20(17,18)10-6-2-1-3-7-10/h1-9H,(H3,14,15,16). The molecule has 0 spiro atoms. The van der Waals surface area contributed by atoms with E-state index in [-0.39, 0.29) is 16.3 Å². The zero-order valence-corrected chi connectivity index (χ0v) is 11.1. The summed E-state index contributed by atoms with van der Waals surface area (Å²) in [6.45, 7) is 0. The van der Waals surface area contributed by atoms with Gasteiger partial charge in [0.1, 0.15) is 4.90 Å². The Morgan fingerprint density at radius 1 is 1.00 bits per heavy atom. The lowest BCUT2D eigenvalue weighted by Crippen LogP contribution is -2.20. The van der Waals surface area contributed by atoms with E-state index in [2.05, 4.69) is 5.32 Å². The Labute approximate surface area is 116 Å². The number of anilines is 1. The highest BCUT2D eigenvalue weighted by molar-refractivity contribution is 7.87. The first kappa shape index (κ1) is 13.9. The molecule has 104 valence electrons. The van der Waals surface area contributed by atoms with Crippen molar-refractivity contribution in [2.75, 3.05) is 5.32 Å². The molecule has 0 aliphatic heterocycles. The highest BCUT2D eigenvalue weighted by Gasteiger charge is 2.18. The fraction of sp³-hybridized carbons (Fsp3) is 0. The minimum Gasteiger partial charge on any atom is -0.377 e. The topological polar surface area (TPSA) is 98.5 Å². The number of hydrogen-bond acceptors (Lipinski definition) is 4.